The molecule has 1 fully saturated rings. The fourth-order valence-corrected chi connectivity index (χ4v) is 2.62. The van der Waals surface area contributed by atoms with Crippen LogP contribution in [0.1, 0.15) is 49.4 Å². The molecule has 1 saturated carbocycles. The summed E-state index contributed by atoms with van der Waals surface area (Å²) in [6, 6.07) is 4.45. The number of ketones is 1. The first-order valence-corrected chi connectivity index (χ1v) is 7.00. The molecular formula is C15H19NO4. The lowest BCUT2D eigenvalue weighted by atomic mass is 9.90. The molecule has 5 heteroatoms. The van der Waals surface area contributed by atoms with E-state index < -0.39 is 4.92 Å². The molecule has 1 aliphatic rings. The maximum atomic E-state index is 11.3. The van der Waals surface area contributed by atoms with Gasteiger partial charge < -0.3 is 4.74 Å². The average Bonchev–Trinajstić information content (AvgIpc) is 2.45. The van der Waals surface area contributed by atoms with E-state index >= 15 is 0 Å². The molecule has 1 aromatic carbocycles. The fourth-order valence-electron chi connectivity index (χ4n) is 2.62. The number of nitro benzene ring substituents is 1. The number of nitrogens with zero attached hydrogens (tertiary/aromatic N) is 1. The van der Waals surface area contributed by atoms with Gasteiger partial charge in [0.2, 0.25) is 0 Å². The predicted octanol–water partition coefficient (Wildman–Crippen LogP) is 3.76. The third kappa shape index (κ3) is 3.56. The summed E-state index contributed by atoms with van der Waals surface area (Å²) in [7, 11) is 0. The maximum Gasteiger partial charge on any atom is 0.283 e. The van der Waals surface area contributed by atoms with Gasteiger partial charge in [-0.2, -0.15) is 0 Å². The van der Waals surface area contributed by atoms with Crippen molar-refractivity contribution in [3.8, 4) is 5.75 Å². The number of hydrogen-bond donors (Lipinski definition) is 0. The maximum absolute atomic E-state index is 11.3. The van der Waals surface area contributed by atoms with Crippen molar-refractivity contribution in [2.24, 2.45) is 5.92 Å². The van der Waals surface area contributed by atoms with Crippen LogP contribution in [0.4, 0.5) is 5.69 Å². The Kier molecular flexibility index (Phi) is 4.71. The first-order chi connectivity index (χ1) is 9.58. The number of carbonyl (C=O) groups excluding carboxylic acids is 1. The van der Waals surface area contributed by atoms with Crippen molar-refractivity contribution in [2.45, 2.75) is 39.0 Å². The number of benzene rings is 1. The van der Waals surface area contributed by atoms with Gasteiger partial charge in [-0.15, -0.1) is 0 Å². The number of Topliss-reactive ketones (excluding diaryl/α,β-unsaturated/α-hetero) is 1. The molecule has 0 bridgehead atoms. The SMILES string of the molecule is CC(=O)c1ccc(OCC2CCCCC2)cc1[N+](=O)[O-]. The van der Waals surface area contributed by atoms with Crippen LogP contribution in [0.2, 0.25) is 0 Å². The first kappa shape index (κ1) is 14.5. The topological polar surface area (TPSA) is 69.4 Å². The highest BCUT2D eigenvalue weighted by atomic mass is 16.6. The van der Waals surface area contributed by atoms with Crippen molar-refractivity contribution >= 4 is 11.5 Å². The Morgan fingerprint density at radius 2 is 2.05 bits per heavy atom. The van der Waals surface area contributed by atoms with Gasteiger partial charge in [0.15, 0.2) is 5.78 Å². The summed E-state index contributed by atoms with van der Waals surface area (Å²) in [5.41, 5.74) is -0.0568. The summed E-state index contributed by atoms with van der Waals surface area (Å²) in [6.07, 6.45) is 6.07. The van der Waals surface area contributed by atoms with Crippen LogP contribution >= 0.6 is 0 Å². The van der Waals surface area contributed by atoms with Crippen molar-refractivity contribution in [1.29, 1.82) is 0 Å². The summed E-state index contributed by atoms with van der Waals surface area (Å²) < 4.78 is 5.66. The highest BCUT2D eigenvalue weighted by molar-refractivity contribution is 5.98. The lowest BCUT2D eigenvalue weighted by Crippen LogP contribution is -2.15. The van der Waals surface area contributed by atoms with Crippen molar-refractivity contribution in [2.75, 3.05) is 6.61 Å². The van der Waals surface area contributed by atoms with Crippen LogP contribution in [0, 0.1) is 16.0 Å². The molecule has 1 aromatic rings. The van der Waals surface area contributed by atoms with Gasteiger partial charge in [-0.1, -0.05) is 19.3 Å². The summed E-state index contributed by atoms with van der Waals surface area (Å²) in [5, 5.41) is 11.0. The van der Waals surface area contributed by atoms with Crippen LogP contribution in [0.15, 0.2) is 18.2 Å². The van der Waals surface area contributed by atoms with Crippen LogP contribution in [0.5, 0.6) is 5.75 Å². The van der Waals surface area contributed by atoms with Gasteiger partial charge in [0.25, 0.3) is 5.69 Å². The second-order valence-electron chi connectivity index (χ2n) is 5.31. The molecule has 2 rings (SSSR count). The standard InChI is InChI=1S/C15H19NO4/c1-11(17)14-8-7-13(9-15(14)16(18)19)20-10-12-5-3-2-4-6-12/h7-9,12H,2-6,10H2,1H3. The molecule has 0 spiro atoms. The zero-order chi connectivity index (χ0) is 14.5. The smallest absolute Gasteiger partial charge is 0.283 e. The third-order valence-corrected chi connectivity index (χ3v) is 3.76. The molecular weight excluding hydrogens is 258 g/mol. The fraction of sp³-hybridized carbons (Fsp3) is 0.533. The quantitative estimate of drug-likeness (QED) is 0.467. The lowest BCUT2D eigenvalue weighted by molar-refractivity contribution is -0.385. The summed E-state index contributed by atoms with van der Waals surface area (Å²) in [6.45, 7) is 1.92. The van der Waals surface area contributed by atoms with Gasteiger partial charge >= 0.3 is 0 Å². The Balaban J connectivity index is 2.06. The first-order valence-electron chi connectivity index (χ1n) is 7.00. The average molecular weight is 277 g/mol. The minimum absolute atomic E-state index is 0.125. The molecule has 0 unspecified atom stereocenters. The van der Waals surface area contributed by atoms with Gasteiger partial charge in [-0.05, 0) is 37.8 Å². The number of ether oxygens (including phenoxy) is 1. The molecule has 0 aliphatic heterocycles. The number of nitro groups is 1. The van der Waals surface area contributed by atoms with Gasteiger partial charge in [0.1, 0.15) is 5.75 Å². The highest BCUT2D eigenvalue weighted by Gasteiger charge is 2.19. The van der Waals surface area contributed by atoms with E-state index in [1.165, 1.54) is 38.3 Å². The van der Waals surface area contributed by atoms with Crippen LogP contribution in [-0.4, -0.2) is 17.3 Å². The Morgan fingerprint density at radius 3 is 2.65 bits per heavy atom. The number of hydrogen-bond acceptors (Lipinski definition) is 4. The van der Waals surface area contributed by atoms with Crippen molar-refractivity contribution in [3.63, 3.8) is 0 Å². The molecule has 108 valence electrons. The third-order valence-electron chi connectivity index (χ3n) is 3.76. The van der Waals surface area contributed by atoms with Crippen molar-refractivity contribution in [1.82, 2.24) is 0 Å². The number of rotatable bonds is 5. The highest BCUT2D eigenvalue weighted by Crippen LogP contribution is 2.28. The van der Waals surface area contributed by atoms with Gasteiger partial charge in [-0.3, -0.25) is 14.9 Å². The van der Waals surface area contributed by atoms with E-state index in [0.29, 0.717) is 18.3 Å². The van der Waals surface area contributed by atoms with E-state index in [9.17, 15) is 14.9 Å². The molecule has 5 nitrogen and oxygen atoms in total. The number of carbonyl (C=O) groups is 1. The minimum Gasteiger partial charge on any atom is -0.493 e. The molecule has 0 aromatic heterocycles. The summed E-state index contributed by atoms with van der Waals surface area (Å²) in [5.74, 6) is 0.693. The zero-order valence-corrected chi connectivity index (χ0v) is 11.6. The van der Waals surface area contributed by atoms with E-state index in [1.807, 2.05) is 0 Å². The summed E-state index contributed by atoms with van der Waals surface area (Å²) in [4.78, 5) is 21.8. The van der Waals surface area contributed by atoms with Crippen LogP contribution in [0.25, 0.3) is 0 Å². The van der Waals surface area contributed by atoms with Gasteiger partial charge in [0, 0.05) is 0 Å². The zero-order valence-electron chi connectivity index (χ0n) is 11.6. The van der Waals surface area contributed by atoms with E-state index in [1.54, 1.807) is 6.07 Å². The van der Waals surface area contributed by atoms with Crippen molar-refractivity contribution in [3.05, 3.63) is 33.9 Å². The molecule has 0 saturated heterocycles. The Bertz CT molecular complexity index is 507. The predicted molar refractivity (Wildman–Crippen MR) is 75.2 cm³/mol. The normalized spacial score (nSPS) is 15.8. The molecule has 0 atom stereocenters. The van der Waals surface area contributed by atoms with Gasteiger partial charge in [0.05, 0.1) is 23.2 Å². The molecule has 0 amide bonds. The van der Waals surface area contributed by atoms with Crippen LogP contribution in [-0.2, 0) is 0 Å². The molecule has 0 N–H and O–H groups in total. The lowest BCUT2D eigenvalue weighted by Gasteiger charge is -2.21. The van der Waals surface area contributed by atoms with E-state index in [4.69, 9.17) is 4.74 Å². The monoisotopic (exact) mass is 277 g/mol. The summed E-state index contributed by atoms with van der Waals surface area (Å²) >= 11 is 0. The molecule has 1 aliphatic carbocycles. The van der Waals surface area contributed by atoms with Crippen LogP contribution in [0.3, 0.4) is 0 Å². The van der Waals surface area contributed by atoms with E-state index in [-0.39, 0.29) is 17.0 Å². The van der Waals surface area contributed by atoms with Gasteiger partial charge in [-0.25, -0.2) is 0 Å². The van der Waals surface area contributed by atoms with Crippen LogP contribution < -0.4 is 4.74 Å². The second-order valence-corrected chi connectivity index (χ2v) is 5.31. The second kappa shape index (κ2) is 6.50. The molecule has 0 heterocycles. The Labute approximate surface area is 118 Å². The minimum atomic E-state index is -0.537. The van der Waals surface area contributed by atoms with E-state index in [0.717, 1.165) is 12.8 Å². The largest absolute Gasteiger partial charge is 0.493 e. The van der Waals surface area contributed by atoms with E-state index in [2.05, 4.69) is 0 Å². The Morgan fingerprint density at radius 1 is 1.35 bits per heavy atom. The molecule has 0 radical (unpaired) electrons. The Hall–Kier alpha value is -1.91. The van der Waals surface area contributed by atoms with Crippen molar-refractivity contribution < 1.29 is 14.5 Å². The molecule has 20 heavy (non-hydrogen) atoms.